The van der Waals surface area contributed by atoms with E-state index in [-0.39, 0.29) is 24.7 Å². The third kappa shape index (κ3) is 7.52. The summed E-state index contributed by atoms with van der Waals surface area (Å²) in [7, 11) is 0. The number of carbonyl (C=O) groups excluding carboxylic acids is 1. The Balaban J connectivity index is 1.68. The molecule has 1 atom stereocenters. The summed E-state index contributed by atoms with van der Waals surface area (Å²) in [5.41, 5.74) is 8.28. The number of amides is 1. The number of nitrogen functional groups attached to an aromatic ring is 1. The lowest BCUT2D eigenvalue weighted by molar-refractivity contribution is -0.122. The van der Waals surface area contributed by atoms with Gasteiger partial charge in [0.2, 0.25) is 5.91 Å². The number of aromatic nitrogens is 1. The van der Waals surface area contributed by atoms with Gasteiger partial charge in [-0.2, -0.15) is 0 Å². The van der Waals surface area contributed by atoms with Gasteiger partial charge in [0.15, 0.2) is 11.5 Å². The van der Waals surface area contributed by atoms with Crippen LogP contribution in [0, 0.1) is 0 Å². The van der Waals surface area contributed by atoms with Crippen molar-refractivity contribution >= 4 is 39.8 Å². The van der Waals surface area contributed by atoms with Gasteiger partial charge in [-0.3, -0.25) is 4.79 Å². The highest BCUT2D eigenvalue weighted by atomic mass is 35.5. The predicted molar refractivity (Wildman–Crippen MR) is 165 cm³/mol. The number of hydrogen-bond acceptors (Lipinski definition) is 7. The van der Waals surface area contributed by atoms with Gasteiger partial charge in [-0.1, -0.05) is 29.8 Å². The number of ether oxygens (including phenoxy) is 3. The Hall–Kier alpha value is -4.17. The molecule has 8 nitrogen and oxygen atoms in total. The van der Waals surface area contributed by atoms with E-state index in [0.29, 0.717) is 40.3 Å². The number of anilines is 2. The quantitative estimate of drug-likeness (QED) is 0.168. The molecule has 0 aliphatic heterocycles. The van der Waals surface area contributed by atoms with Crippen molar-refractivity contribution in [1.29, 1.82) is 0 Å². The first-order chi connectivity index (χ1) is 19.7. The molecule has 1 amide bonds. The maximum absolute atomic E-state index is 13.8. The van der Waals surface area contributed by atoms with Crippen molar-refractivity contribution in [3.8, 4) is 17.2 Å². The highest BCUT2D eigenvalue weighted by Crippen LogP contribution is 2.34. The molecule has 41 heavy (non-hydrogen) atoms. The van der Waals surface area contributed by atoms with E-state index in [1.165, 1.54) is 0 Å². The normalized spacial score (nSPS) is 11.9. The molecule has 0 saturated carbocycles. The number of rotatable bonds is 12. The minimum Gasteiger partial charge on any atom is -0.490 e. The van der Waals surface area contributed by atoms with Gasteiger partial charge in [0.05, 0.1) is 23.8 Å². The van der Waals surface area contributed by atoms with E-state index >= 15 is 0 Å². The van der Waals surface area contributed by atoms with E-state index in [1.807, 2.05) is 89.2 Å². The molecule has 0 aliphatic carbocycles. The van der Waals surface area contributed by atoms with Crippen molar-refractivity contribution < 1.29 is 19.0 Å². The van der Waals surface area contributed by atoms with Gasteiger partial charge in [0, 0.05) is 29.4 Å². The Morgan fingerprint density at radius 1 is 0.976 bits per heavy atom. The molecule has 0 saturated heterocycles. The monoisotopic (exact) mass is 576 g/mol. The number of fused-ring (bicyclic) bond motifs is 1. The van der Waals surface area contributed by atoms with Crippen LogP contribution >= 0.6 is 11.6 Å². The molecule has 4 N–H and O–H groups in total. The van der Waals surface area contributed by atoms with E-state index in [0.717, 1.165) is 22.0 Å². The zero-order chi connectivity index (χ0) is 29.5. The van der Waals surface area contributed by atoms with Crippen LogP contribution in [0.15, 0.2) is 66.9 Å². The highest BCUT2D eigenvalue weighted by molar-refractivity contribution is 6.32. The minimum atomic E-state index is -0.757. The molecule has 0 radical (unpaired) electrons. The van der Waals surface area contributed by atoms with Crippen LogP contribution < -0.4 is 30.6 Å². The lowest BCUT2D eigenvalue weighted by Crippen LogP contribution is -2.33. The molecule has 0 spiro atoms. The zero-order valence-corrected chi connectivity index (χ0v) is 24.8. The Bertz CT molecular complexity index is 1510. The number of para-hydroxylation sites is 1. The molecule has 4 rings (SSSR count). The summed E-state index contributed by atoms with van der Waals surface area (Å²) in [5.74, 6) is 1.95. The molecular weight excluding hydrogens is 540 g/mol. The Kier molecular flexibility index (Phi) is 9.78. The fourth-order valence-corrected chi connectivity index (χ4v) is 4.67. The van der Waals surface area contributed by atoms with Gasteiger partial charge in [-0.25, -0.2) is 4.98 Å². The van der Waals surface area contributed by atoms with Crippen molar-refractivity contribution in [1.82, 2.24) is 10.3 Å². The standard InChI is InChI=1S/C32H37ClN4O4/c1-6-39-28-17-22(10-13-27(28)40-19(2)3)29(37-24-11-12-25-21(16-24)14-15-35-31(25)34)32(38)36-18-23-8-7-9-26(33)30(23)41-20(4)5/h7-17,19-20,29,37H,6,18H2,1-5H3,(H2,34,35)(H,36,38). The second-order valence-electron chi connectivity index (χ2n) is 10.1. The molecule has 4 aromatic rings. The van der Waals surface area contributed by atoms with Gasteiger partial charge >= 0.3 is 0 Å². The first kappa shape index (κ1) is 29.8. The highest BCUT2D eigenvalue weighted by Gasteiger charge is 2.24. The van der Waals surface area contributed by atoms with Crippen LogP contribution in [-0.4, -0.2) is 29.7 Å². The second kappa shape index (κ2) is 13.5. The fraction of sp³-hybridized carbons (Fsp3) is 0.312. The minimum absolute atomic E-state index is 0.0308. The summed E-state index contributed by atoms with van der Waals surface area (Å²) in [6, 6.07) is 17.9. The third-order valence-electron chi connectivity index (χ3n) is 6.19. The summed E-state index contributed by atoms with van der Waals surface area (Å²) in [4.78, 5) is 18.0. The lowest BCUT2D eigenvalue weighted by atomic mass is 10.0. The molecule has 216 valence electrons. The molecule has 1 heterocycles. The molecule has 9 heteroatoms. The van der Waals surface area contributed by atoms with Crippen LogP contribution in [0.1, 0.15) is 51.8 Å². The topological polar surface area (TPSA) is 108 Å². The van der Waals surface area contributed by atoms with Crippen LogP contribution in [0.2, 0.25) is 5.02 Å². The van der Waals surface area contributed by atoms with Crippen molar-refractivity contribution in [2.75, 3.05) is 17.7 Å². The SMILES string of the molecule is CCOc1cc(C(Nc2ccc3c(N)nccc3c2)C(=O)NCc2cccc(Cl)c2OC(C)C)ccc1OC(C)C. The van der Waals surface area contributed by atoms with Gasteiger partial charge in [-0.15, -0.1) is 0 Å². The molecule has 3 aromatic carbocycles. The first-order valence-electron chi connectivity index (χ1n) is 13.7. The van der Waals surface area contributed by atoms with Crippen LogP contribution in [0.5, 0.6) is 17.2 Å². The molecule has 0 fully saturated rings. The Morgan fingerprint density at radius 3 is 2.49 bits per heavy atom. The average Bonchev–Trinajstić information content (AvgIpc) is 2.92. The van der Waals surface area contributed by atoms with Crippen molar-refractivity contribution in [3.63, 3.8) is 0 Å². The van der Waals surface area contributed by atoms with E-state index < -0.39 is 6.04 Å². The van der Waals surface area contributed by atoms with Gasteiger partial charge in [0.1, 0.15) is 17.6 Å². The fourth-order valence-electron chi connectivity index (χ4n) is 4.43. The predicted octanol–water partition coefficient (Wildman–Crippen LogP) is 6.91. The van der Waals surface area contributed by atoms with E-state index in [1.54, 1.807) is 12.3 Å². The maximum atomic E-state index is 13.8. The van der Waals surface area contributed by atoms with Gasteiger partial charge in [-0.05, 0) is 88.0 Å². The second-order valence-corrected chi connectivity index (χ2v) is 10.5. The number of hydrogen-bond donors (Lipinski definition) is 3. The molecule has 0 aliphatic rings. The number of benzene rings is 3. The largest absolute Gasteiger partial charge is 0.490 e. The maximum Gasteiger partial charge on any atom is 0.247 e. The number of halogens is 1. The molecule has 0 bridgehead atoms. The van der Waals surface area contributed by atoms with E-state index in [4.69, 9.17) is 31.5 Å². The number of pyridine rings is 1. The molecule has 1 unspecified atom stereocenters. The summed E-state index contributed by atoms with van der Waals surface area (Å²) in [6.07, 6.45) is 1.56. The number of nitrogens with one attached hydrogen (secondary N) is 2. The number of carbonyl (C=O) groups is 1. The third-order valence-corrected chi connectivity index (χ3v) is 6.48. The smallest absolute Gasteiger partial charge is 0.247 e. The number of nitrogens with two attached hydrogens (primary N) is 1. The van der Waals surface area contributed by atoms with Crippen LogP contribution in [0.25, 0.3) is 10.8 Å². The van der Waals surface area contributed by atoms with Crippen LogP contribution in [-0.2, 0) is 11.3 Å². The summed E-state index contributed by atoms with van der Waals surface area (Å²) >= 11 is 6.42. The van der Waals surface area contributed by atoms with Crippen molar-refractivity contribution in [2.24, 2.45) is 0 Å². The summed E-state index contributed by atoms with van der Waals surface area (Å²) < 4.78 is 17.8. The Labute approximate surface area is 246 Å². The average molecular weight is 577 g/mol. The van der Waals surface area contributed by atoms with E-state index in [9.17, 15) is 4.79 Å². The van der Waals surface area contributed by atoms with Crippen molar-refractivity contribution in [3.05, 3.63) is 83.0 Å². The Morgan fingerprint density at radius 2 is 1.76 bits per heavy atom. The first-order valence-corrected chi connectivity index (χ1v) is 14.1. The lowest BCUT2D eigenvalue weighted by Gasteiger charge is -2.23. The van der Waals surface area contributed by atoms with Crippen LogP contribution in [0.3, 0.4) is 0 Å². The van der Waals surface area contributed by atoms with Gasteiger partial charge in [0.25, 0.3) is 0 Å². The van der Waals surface area contributed by atoms with Gasteiger partial charge < -0.3 is 30.6 Å². The molecule has 1 aromatic heterocycles. The van der Waals surface area contributed by atoms with Crippen molar-refractivity contribution in [2.45, 2.75) is 59.4 Å². The summed E-state index contributed by atoms with van der Waals surface area (Å²) in [5, 5.41) is 8.71. The summed E-state index contributed by atoms with van der Waals surface area (Å²) in [6.45, 7) is 10.4. The van der Waals surface area contributed by atoms with Crippen LogP contribution in [0.4, 0.5) is 11.5 Å². The molecular formula is C32H37ClN4O4. The zero-order valence-electron chi connectivity index (χ0n) is 24.0. The number of nitrogens with zero attached hydrogens (tertiary/aromatic N) is 1. The van der Waals surface area contributed by atoms with E-state index in [2.05, 4.69) is 15.6 Å².